The summed E-state index contributed by atoms with van der Waals surface area (Å²) in [5, 5.41) is 12.6. The van der Waals surface area contributed by atoms with Crippen molar-refractivity contribution in [3.63, 3.8) is 0 Å². The molecule has 1 unspecified atom stereocenters. The van der Waals surface area contributed by atoms with E-state index in [9.17, 15) is 9.90 Å². The summed E-state index contributed by atoms with van der Waals surface area (Å²) in [6.45, 7) is 4.11. The minimum absolute atomic E-state index is 0.232. The smallest absolute Gasteiger partial charge is 0.255 e. The number of para-hydroxylation sites is 1. The van der Waals surface area contributed by atoms with Gasteiger partial charge in [-0.2, -0.15) is 0 Å². The Hall–Kier alpha value is -2.33. The van der Waals surface area contributed by atoms with Crippen molar-refractivity contribution in [3.8, 4) is 5.75 Å². The Kier molecular flexibility index (Phi) is 4.95. The van der Waals surface area contributed by atoms with Crippen LogP contribution in [0.15, 0.2) is 48.5 Å². The second-order valence-electron chi connectivity index (χ2n) is 4.68. The van der Waals surface area contributed by atoms with E-state index in [2.05, 4.69) is 5.32 Å². The minimum atomic E-state index is -0.642. The van der Waals surface area contributed by atoms with Crippen molar-refractivity contribution >= 4 is 11.6 Å². The van der Waals surface area contributed by atoms with Gasteiger partial charge in [0.2, 0.25) is 0 Å². The predicted octanol–water partition coefficient (Wildman–Crippen LogP) is 3.39. The molecule has 4 nitrogen and oxygen atoms in total. The van der Waals surface area contributed by atoms with E-state index in [1.807, 2.05) is 25.1 Å². The quantitative estimate of drug-likeness (QED) is 0.885. The molecule has 0 aliphatic heterocycles. The van der Waals surface area contributed by atoms with Crippen LogP contribution >= 0.6 is 0 Å². The third kappa shape index (κ3) is 3.83. The van der Waals surface area contributed by atoms with Crippen molar-refractivity contribution in [2.75, 3.05) is 11.9 Å². The van der Waals surface area contributed by atoms with E-state index < -0.39 is 6.10 Å². The van der Waals surface area contributed by atoms with E-state index in [1.165, 1.54) is 0 Å². The third-order valence-electron chi connectivity index (χ3n) is 3.07. The summed E-state index contributed by atoms with van der Waals surface area (Å²) in [6, 6.07) is 14.2. The lowest BCUT2D eigenvalue weighted by atomic mass is 10.1. The molecule has 0 fully saturated rings. The zero-order chi connectivity index (χ0) is 15.2. The number of aliphatic hydroxyl groups is 1. The van der Waals surface area contributed by atoms with Crippen LogP contribution in [0.4, 0.5) is 5.69 Å². The van der Waals surface area contributed by atoms with E-state index in [4.69, 9.17) is 4.74 Å². The number of carbonyl (C=O) groups excluding carboxylic acids is 1. The molecule has 2 N–H and O–H groups in total. The molecule has 4 heteroatoms. The first-order chi connectivity index (χ1) is 10.1. The Balaban J connectivity index is 2.20. The molecule has 0 aromatic heterocycles. The molecule has 110 valence electrons. The van der Waals surface area contributed by atoms with E-state index >= 15 is 0 Å². The summed E-state index contributed by atoms with van der Waals surface area (Å²) < 4.78 is 5.39. The lowest BCUT2D eigenvalue weighted by Gasteiger charge is -2.13. The van der Waals surface area contributed by atoms with E-state index in [0.717, 1.165) is 0 Å². The van der Waals surface area contributed by atoms with Gasteiger partial charge in [0, 0.05) is 16.8 Å². The number of aliphatic hydroxyl groups excluding tert-OH is 1. The second kappa shape index (κ2) is 6.90. The van der Waals surface area contributed by atoms with Crippen LogP contribution in [0.25, 0.3) is 0 Å². The molecular weight excluding hydrogens is 266 g/mol. The van der Waals surface area contributed by atoms with Gasteiger partial charge >= 0.3 is 0 Å². The van der Waals surface area contributed by atoms with Gasteiger partial charge in [-0.15, -0.1) is 0 Å². The first-order valence-corrected chi connectivity index (χ1v) is 6.93. The lowest BCUT2D eigenvalue weighted by molar-refractivity contribution is 0.102. The van der Waals surface area contributed by atoms with Gasteiger partial charge in [0.05, 0.1) is 12.7 Å². The maximum absolute atomic E-state index is 12.3. The SMILES string of the molecule is CCOc1cccc(C(=O)Nc2ccccc2C(C)O)c1. The molecule has 0 aliphatic rings. The van der Waals surface area contributed by atoms with Crippen molar-refractivity contribution < 1.29 is 14.6 Å². The van der Waals surface area contributed by atoms with Gasteiger partial charge < -0.3 is 15.2 Å². The molecule has 0 aliphatic carbocycles. The highest BCUT2D eigenvalue weighted by molar-refractivity contribution is 6.04. The normalized spacial score (nSPS) is 11.8. The van der Waals surface area contributed by atoms with Gasteiger partial charge in [-0.05, 0) is 38.1 Å². The summed E-state index contributed by atoms with van der Waals surface area (Å²) in [6.07, 6.45) is -0.642. The largest absolute Gasteiger partial charge is 0.494 e. The van der Waals surface area contributed by atoms with Crippen LogP contribution in [0.5, 0.6) is 5.75 Å². The monoisotopic (exact) mass is 285 g/mol. The van der Waals surface area contributed by atoms with Crippen molar-refractivity contribution in [2.24, 2.45) is 0 Å². The summed E-state index contributed by atoms with van der Waals surface area (Å²) in [7, 11) is 0. The van der Waals surface area contributed by atoms with Gasteiger partial charge in [-0.3, -0.25) is 4.79 Å². The van der Waals surface area contributed by atoms with Gasteiger partial charge in [-0.25, -0.2) is 0 Å². The van der Waals surface area contributed by atoms with E-state index in [0.29, 0.717) is 29.2 Å². The number of carbonyl (C=O) groups is 1. The lowest BCUT2D eigenvalue weighted by Crippen LogP contribution is -2.14. The van der Waals surface area contributed by atoms with Crippen molar-refractivity contribution in [1.29, 1.82) is 0 Å². The average Bonchev–Trinajstić information content (AvgIpc) is 2.48. The average molecular weight is 285 g/mol. The molecule has 0 saturated heterocycles. The Morgan fingerprint density at radius 1 is 1.24 bits per heavy atom. The Morgan fingerprint density at radius 3 is 2.71 bits per heavy atom. The predicted molar refractivity (Wildman–Crippen MR) is 82.6 cm³/mol. The zero-order valence-electron chi connectivity index (χ0n) is 12.2. The summed E-state index contributed by atoms with van der Waals surface area (Å²) in [5.74, 6) is 0.429. The number of ether oxygens (including phenoxy) is 1. The summed E-state index contributed by atoms with van der Waals surface area (Å²) in [5.41, 5.74) is 1.81. The first-order valence-electron chi connectivity index (χ1n) is 6.93. The Bertz CT molecular complexity index is 623. The van der Waals surface area contributed by atoms with Crippen LogP contribution < -0.4 is 10.1 Å². The minimum Gasteiger partial charge on any atom is -0.494 e. The molecule has 0 radical (unpaired) electrons. The van der Waals surface area contributed by atoms with Gasteiger partial charge in [0.1, 0.15) is 5.75 Å². The maximum atomic E-state index is 12.3. The topological polar surface area (TPSA) is 58.6 Å². The number of hydrogen-bond donors (Lipinski definition) is 2. The fraction of sp³-hybridized carbons (Fsp3) is 0.235. The number of nitrogens with one attached hydrogen (secondary N) is 1. The number of benzene rings is 2. The van der Waals surface area contributed by atoms with Gasteiger partial charge in [0.25, 0.3) is 5.91 Å². The third-order valence-corrected chi connectivity index (χ3v) is 3.07. The molecule has 2 rings (SSSR count). The highest BCUT2D eigenvalue weighted by Gasteiger charge is 2.12. The molecule has 0 heterocycles. The Labute approximate surface area is 124 Å². The molecule has 1 amide bonds. The fourth-order valence-electron chi connectivity index (χ4n) is 2.06. The number of amides is 1. The second-order valence-corrected chi connectivity index (χ2v) is 4.68. The molecule has 2 aromatic rings. The zero-order valence-corrected chi connectivity index (χ0v) is 12.2. The fourth-order valence-corrected chi connectivity index (χ4v) is 2.06. The van der Waals surface area contributed by atoms with E-state index in [1.54, 1.807) is 37.3 Å². The molecule has 21 heavy (non-hydrogen) atoms. The van der Waals surface area contributed by atoms with Crippen LogP contribution in [0.2, 0.25) is 0 Å². The van der Waals surface area contributed by atoms with Crippen molar-refractivity contribution in [1.82, 2.24) is 0 Å². The molecule has 1 atom stereocenters. The van der Waals surface area contributed by atoms with E-state index in [-0.39, 0.29) is 5.91 Å². The van der Waals surface area contributed by atoms with Crippen molar-refractivity contribution in [2.45, 2.75) is 20.0 Å². The van der Waals surface area contributed by atoms with Crippen LogP contribution in [0.3, 0.4) is 0 Å². The molecule has 0 spiro atoms. The number of rotatable bonds is 5. The highest BCUT2D eigenvalue weighted by Crippen LogP contribution is 2.23. The van der Waals surface area contributed by atoms with Crippen molar-refractivity contribution in [3.05, 3.63) is 59.7 Å². The van der Waals surface area contributed by atoms with Gasteiger partial charge in [-0.1, -0.05) is 24.3 Å². The molecular formula is C17H19NO3. The highest BCUT2D eigenvalue weighted by atomic mass is 16.5. The summed E-state index contributed by atoms with van der Waals surface area (Å²) in [4.78, 5) is 12.3. The summed E-state index contributed by atoms with van der Waals surface area (Å²) >= 11 is 0. The number of hydrogen-bond acceptors (Lipinski definition) is 3. The first kappa shape index (κ1) is 15.1. The molecule has 0 bridgehead atoms. The maximum Gasteiger partial charge on any atom is 0.255 e. The van der Waals surface area contributed by atoms with Crippen LogP contribution in [0, 0.1) is 0 Å². The van der Waals surface area contributed by atoms with Crippen LogP contribution in [0.1, 0.15) is 35.9 Å². The standard InChI is InChI=1S/C17H19NO3/c1-3-21-14-8-6-7-13(11-14)17(20)18-16-10-5-4-9-15(16)12(2)19/h4-12,19H,3H2,1-2H3,(H,18,20). The molecule has 2 aromatic carbocycles. The Morgan fingerprint density at radius 2 is 2.00 bits per heavy atom. The van der Waals surface area contributed by atoms with Crippen LogP contribution in [-0.4, -0.2) is 17.6 Å². The van der Waals surface area contributed by atoms with Crippen LogP contribution in [-0.2, 0) is 0 Å². The van der Waals surface area contributed by atoms with Gasteiger partial charge in [0.15, 0.2) is 0 Å². The molecule has 0 saturated carbocycles. The number of anilines is 1.